The van der Waals surface area contributed by atoms with Crippen LogP contribution in [0.15, 0.2) is 18.3 Å². The van der Waals surface area contributed by atoms with E-state index >= 15 is 0 Å². The maximum atomic E-state index is 5.63. The molecule has 0 saturated heterocycles. The first-order chi connectivity index (χ1) is 8.86. The molecule has 0 aliphatic heterocycles. The van der Waals surface area contributed by atoms with Crippen molar-refractivity contribution in [3.05, 3.63) is 23.9 Å². The Morgan fingerprint density at radius 1 is 1.22 bits per heavy atom. The maximum absolute atomic E-state index is 5.63. The molecule has 1 aromatic rings. The first-order valence-corrected chi connectivity index (χ1v) is 6.86. The number of hydrazine groups is 1. The van der Waals surface area contributed by atoms with E-state index in [1.165, 1.54) is 32.1 Å². The average Bonchev–Trinajstić information content (AvgIpc) is 2.42. The fraction of sp³-hybridized carbons (Fsp3) is 0.643. The molecule has 0 unspecified atom stereocenters. The van der Waals surface area contributed by atoms with Crippen molar-refractivity contribution in [2.24, 2.45) is 5.84 Å². The number of nitrogens with two attached hydrogens (primary N) is 1. The molecule has 3 N–H and O–H groups in total. The first-order valence-electron chi connectivity index (χ1n) is 6.86. The number of pyridine rings is 1. The fourth-order valence-corrected chi connectivity index (χ4v) is 1.82. The largest absolute Gasteiger partial charge is 0.377 e. The summed E-state index contributed by atoms with van der Waals surface area (Å²) in [7, 11) is 0. The van der Waals surface area contributed by atoms with Crippen LogP contribution in [-0.4, -0.2) is 11.6 Å². The Bertz CT molecular complexity index is 318. The second kappa shape index (κ2) is 9.85. The average molecular weight is 251 g/mol. The lowest BCUT2D eigenvalue weighted by molar-refractivity contribution is 0.116. The number of rotatable bonds is 10. The third-order valence-corrected chi connectivity index (χ3v) is 2.88. The van der Waals surface area contributed by atoms with Gasteiger partial charge in [0.15, 0.2) is 0 Å². The molecule has 0 radical (unpaired) electrons. The molecular formula is C14H25N3O. The molecule has 18 heavy (non-hydrogen) atoms. The van der Waals surface area contributed by atoms with Gasteiger partial charge in [0.05, 0.1) is 6.61 Å². The van der Waals surface area contributed by atoms with Crippen LogP contribution in [0.4, 0.5) is 5.82 Å². The Hall–Kier alpha value is -1.13. The van der Waals surface area contributed by atoms with Crippen molar-refractivity contribution in [1.29, 1.82) is 0 Å². The lowest BCUT2D eigenvalue weighted by Crippen LogP contribution is -2.08. The normalized spacial score (nSPS) is 10.6. The van der Waals surface area contributed by atoms with Crippen LogP contribution in [0, 0.1) is 0 Å². The van der Waals surface area contributed by atoms with Crippen LogP contribution in [0.25, 0.3) is 0 Å². The zero-order chi connectivity index (χ0) is 13.1. The van der Waals surface area contributed by atoms with Crippen LogP contribution in [0.1, 0.15) is 51.0 Å². The third kappa shape index (κ3) is 6.57. The number of aromatic nitrogens is 1. The second-order valence-corrected chi connectivity index (χ2v) is 4.51. The van der Waals surface area contributed by atoms with Crippen molar-refractivity contribution in [2.45, 2.75) is 52.1 Å². The minimum atomic E-state index is 0.631. The van der Waals surface area contributed by atoms with E-state index in [9.17, 15) is 0 Å². The van der Waals surface area contributed by atoms with E-state index in [4.69, 9.17) is 10.6 Å². The zero-order valence-corrected chi connectivity index (χ0v) is 11.3. The Labute approximate surface area is 110 Å². The standard InChI is InChI=1S/C14H25N3O/c1-2-3-4-5-6-7-10-18-12-13-8-9-16-14(11-13)17-15/h8-9,11H,2-7,10,12,15H2,1H3,(H,16,17). The fourth-order valence-electron chi connectivity index (χ4n) is 1.82. The second-order valence-electron chi connectivity index (χ2n) is 4.51. The van der Waals surface area contributed by atoms with Gasteiger partial charge < -0.3 is 10.2 Å². The zero-order valence-electron chi connectivity index (χ0n) is 11.3. The number of unbranched alkanes of at least 4 members (excludes halogenated alkanes) is 5. The Kier molecular flexibility index (Phi) is 8.17. The Balaban J connectivity index is 2.03. The molecule has 4 nitrogen and oxygen atoms in total. The van der Waals surface area contributed by atoms with Gasteiger partial charge in [0.2, 0.25) is 0 Å². The van der Waals surface area contributed by atoms with Crippen molar-refractivity contribution in [3.8, 4) is 0 Å². The van der Waals surface area contributed by atoms with Crippen molar-refractivity contribution >= 4 is 5.82 Å². The number of nitrogens with one attached hydrogen (secondary N) is 1. The van der Waals surface area contributed by atoms with Crippen LogP contribution in [-0.2, 0) is 11.3 Å². The Morgan fingerprint density at radius 3 is 2.78 bits per heavy atom. The van der Waals surface area contributed by atoms with Gasteiger partial charge in [0, 0.05) is 12.8 Å². The molecule has 102 valence electrons. The molecule has 0 aromatic carbocycles. The summed E-state index contributed by atoms with van der Waals surface area (Å²) in [5.74, 6) is 5.98. The van der Waals surface area contributed by atoms with Gasteiger partial charge >= 0.3 is 0 Å². The summed E-state index contributed by atoms with van der Waals surface area (Å²) in [6.07, 6.45) is 9.49. The van der Waals surface area contributed by atoms with E-state index in [1.54, 1.807) is 6.20 Å². The molecule has 0 aliphatic carbocycles. The van der Waals surface area contributed by atoms with Crippen LogP contribution in [0.5, 0.6) is 0 Å². The molecule has 0 atom stereocenters. The van der Waals surface area contributed by atoms with E-state index in [-0.39, 0.29) is 0 Å². The summed E-state index contributed by atoms with van der Waals surface area (Å²) in [5.41, 5.74) is 3.63. The summed E-state index contributed by atoms with van der Waals surface area (Å²) >= 11 is 0. The molecule has 0 bridgehead atoms. The van der Waals surface area contributed by atoms with Gasteiger partial charge in [-0.3, -0.25) is 0 Å². The van der Waals surface area contributed by atoms with Crippen LogP contribution in [0.2, 0.25) is 0 Å². The van der Waals surface area contributed by atoms with Gasteiger partial charge in [0.1, 0.15) is 5.82 Å². The molecule has 0 aliphatic rings. The molecule has 0 fully saturated rings. The van der Waals surface area contributed by atoms with Crippen molar-refractivity contribution in [3.63, 3.8) is 0 Å². The number of hydrogen-bond acceptors (Lipinski definition) is 4. The summed E-state index contributed by atoms with van der Waals surface area (Å²) in [5, 5.41) is 0. The summed E-state index contributed by atoms with van der Waals surface area (Å²) in [4.78, 5) is 4.05. The third-order valence-electron chi connectivity index (χ3n) is 2.88. The molecule has 0 spiro atoms. The number of anilines is 1. The van der Waals surface area contributed by atoms with Gasteiger partial charge in [-0.25, -0.2) is 10.8 Å². The number of hydrogen-bond donors (Lipinski definition) is 2. The highest BCUT2D eigenvalue weighted by Gasteiger charge is 1.96. The van der Waals surface area contributed by atoms with Gasteiger partial charge in [-0.15, -0.1) is 0 Å². The quantitative estimate of drug-likeness (QED) is 0.381. The van der Waals surface area contributed by atoms with Crippen molar-refractivity contribution in [2.75, 3.05) is 12.0 Å². The highest BCUT2D eigenvalue weighted by molar-refractivity contribution is 5.35. The first kappa shape index (κ1) is 14.9. The van der Waals surface area contributed by atoms with Gasteiger partial charge in [0.25, 0.3) is 0 Å². The lowest BCUT2D eigenvalue weighted by atomic mass is 10.1. The molecule has 1 rings (SSSR count). The highest BCUT2D eigenvalue weighted by Crippen LogP contribution is 2.08. The smallest absolute Gasteiger partial charge is 0.140 e. The monoisotopic (exact) mass is 251 g/mol. The highest BCUT2D eigenvalue weighted by atomic mass is 16.5. The minimum absolute atomic E-state index is 0.631. The SMILES string of the molecule is CCCCCCCCOCc1ccnc(NN)c1. The molecule has 0 amide bonds. The molecule has 4 heteroatoms. The minimum Gasteiger partial charge on any atom is -0.377 e. The lowest BCUT2D eigenvalue weighted by Gasteiger charge is -2.06. The summed E-state index contributed by atoms with van der Waals surface area (Å²) < 4.78 is 5.63. The summed E-state index contributed by atoms with van der Waals surface area (Å²) in [6, 6.07) is 3.85. The Morgan fingerprint density at radius 2 is 2.00 bits per heavy atom. The van der Waals surface area contributed by atoms with E-state index in [2.05, 4.69) is 17.3 Å². The predicted octanol–water partition coefficient (Wildman–Crippen LogP) is 3.24. The molecule has 0 saturated carbocycles. The molecular weight excluding hydrogens is 226 g/mol. The molecule has 1 heterocycles. The summed E-state index contributed by atoms with van der Waals surface area (Å²) in [6.45, 7) is 3.70. The molecule has 1 aromatic heterocycles. The van der Waals surface area contributed by atoms with Gasteiger partial charge in [-0.05, 0) is 24.1 Å². The van der Waals surface area contributed by atoms with Crippen LogP contribution in [0.3, 0.4) is 0 Å². The van der Waals surface area contributed by atoms with Crippen molar-refractivity contribution in [1.82, 2.24) is 4.98 Å². The van der Waals surface area contributed by atoms with Crippen LogP contribution < -0.4 is 11.3 Å². The predicted molar refractivity (Wildman–Crippen MR) is 75.1 cm³/mol. The number of nitrogens with zero attached hydrogens (tertiary/aromatic N) is 1. The number of ether oxygens (including phenoxy) is 1. The van der Waals surface area contributed by atoms with Gasteiger partial charge in [-0.2, -0.15) is 0 Å². The number of nitrogen functional groups attached to an aromatic ring is 1. The van der Waals surface area contributed by atoms with Crippen molar-refractivity contribution < 1.29 is 4.74 Å². The van der Waals surface area contributed by atoms with E-state index in [0.29, 0.717) is 12.4 Å². The van der Waals surface area contributed by atoms with Crippen LogP contribution >= 0.6 is 0 Å². The van der Waals surface area contributed by atoms with E-state index in [1.807, 2.05) is 12.1 Å². The van der Waals surface area contributed by atoms with Gasteiger partial charge in [-0.1, -0.05) is 39.0 Å². The maximum Gasteiger partial charge on any atom is 0.140 e. The van der Waals surface area contributed by atoms with E-state index in [0.717, 1.165) is 18.6 Å². The van der Waals surface area contributed by atoms with E-state index < -0.39 is 0 Å². The topological polar surface area (TPSA) is 60.2 Å².